The van der Waals surface area contributed by atoms with E-state index in [4.69, 9.17) is 4.74 Å². The van der Waals surface area contributed by atoms with Gasteiger partial charge in [-0.15, -0.1) is 0 Å². The summed E-state index contributed by atoms with van der Waals surface area (Å²) in [6.07, 6.45) is 10.0. The molecule has 7 rings (SSSR count). The van der Waals surface area contributed by atoms with Crippen LogP contribution < -0.4 is 9.64 Å². The Morgan fingerprint density at radius 3 is 2.16 bits per heavy atom. The number of aliphatic hydroxyl groups excluding tert-OH is 1. The van der Waals surface area contributed by atoms with Crippen LogP contribution in [0.25, 0.3) is 27.1 Å². The molecule has 0 atom stereocenters. The van der Waals surface area contributed by atoms with Gasteiger partial charge >= 0.3 is 0 Å². The maximum Gasteiger partial charge on any atom is 0.264 e. The first kappa shape index (κ1) is 44.0. The quantitative estimate of drug-likeness (QED) is 0.0405. The van der Waals surface area contributed by atoms with Crippen molar-refractivity contribution in [2.75, 3.05) is 42.7 Å². The van der Waals surface area contributed by atoms with Crippen molar-refractivity contribution in [3.05, 3.63) is 144 Å². The van der Waals surface area contributed by atoms with Crippen LogP contribution in [0.4, 0.5) is 11.4 Å². The van der Waals surface area contributed by atoms with Gasteiger partial charge in [0, 0.05) is 59.8 Å². The van der Waals surface area contributed by atoms with E-state index in [1.807, 2.05) is 48.5 Å². The molecule has 2 N–H and O–H groups in total. The average Bonchev–Trinajstić information content (AvgIpc) is 3.57. The Bertz CT molecular complexity index is 2820. The molecule has 61 heavy (non-hydrogen) atoms. The van der Waals surface area contributed by atoms with E-state index < -0.39 is 36.8 Å². The van der Waals surface area contributed by atoms with Crippen LogP contribution >= 0.6 is 0 Å². The maximum absolute atomic E-state index is 11.9. The lowest BCUT2D eigenvalue weighted by molar-refractivity contribution is -0.437. The van der Waals surface area contributed by atoms with E-state index in [1.165, 1.54) is 0 Å². The number of ether oxygens (including phenoxy) is 1. The summed E-state index contributed by atoms with van der Waals surface area (Å²) in [6.45, 7) is 9.93. The topological polar surface area (TPSA) is 147 Å². The summed E-state index contributed by atoms with van der Waals surface area (Å²) in [5, 5.41) is 13.7. The summed E-state index contributed by atoms with van der Waals surface area (Å²) in [5.41, 5.74) is 6.85. The molecule has 0 fully saturated rings. The fourth-order valence-corrected chi connectivity index (χ4v) is 10.1. The van der Waals surface area contributed by atoms with Gasteiger partial charge in [-0.05, 0) is 108 Å². The Labute approximate surface area is 359 Å². The van der Waals surface area contributed by atoms with E-state index in [9.17, 15) is 31.0 Å². The van der Waals surface area contributed by atoms with Gasteiger partial charge in [0.1, 0.15) is 12.3 Å². The van der Waals surface area contributed by atoms with Crippen LogP contribution in [0.1, 0.15) is 70.1 Å². The Balaban J connectivity index is 1.38. The number of fused-ring (bicyclic) bond motifs is 6. The Kier molecular flexibility index (Phi) is 12.8. The third-order valence-electron chi connectivity index (χ3n) is 11.9. The molecule has 320 valence electrons. The predicted molar refractivity (Wildman–Crippen MR) is 245 cm³/mol. The Morgan fingerprint density at radius 2 is 1.48 bits per heavy atom. The second-order valence-electron chi connectivity index (χ2n) is 16.9. The van der Waals surface area contributed by atoms with Crippen molar-refractivity contribution < 1.29 is 40.4 Å². The second kappa shape index (κ2) is 17.7. The fraction of sp³-hybridized carbons (Fsp3) is 0.327. The lowest BCUT2D eigenvalue weighted by Crippen LogP contribution is -2.28. The summed E-state index contributed by atoms with van der Waals surface area (Å²) in [7, 11) is -8.58. The molecule has 12 heteroatoms. The minimum atomic E-state index is -4.42. The zero-order valence-electron chi connectivity index (χ0n) is 35.2. The summed E-state index contributed by atoms with van der Waals surface area (Å²) in [4.78, 5) is 2.16. The van der Waals surface area contributed by atoms with Gasteiger partial charge in [-0.2, -0.15) is 13.0 Å². The van der Waals surface area contributed by atoms with Crippen molar-refractivity contribution in [3.63, 3.8) is 0 Å². The van der Waals surface area contributed by atoms with Crippen LogP contribution in [0, 0.1) is 0 Å². The van der Waals surface area contributed by atoms with Crippen molar-refractivity contribution in [1.29, 1.82) is 0 Å². The zero-order chi connectivity index (χ0) is 43.6. The highest BCUT2D eigenvalue weighted by Gasteiger charge is 2.45. The van der Waals surface area contributed by atoms with Crippen molar-refractivity contribution in [2.45, 2.75) is 64.2 Å². The van der Waals surface area contributed by atoms with Gasteiger partial charge in [-0.25, -0.2) is 8.42 Å². The average molecular weight is 863 g/mol. The molecule has 0 bridgehead atoms. The maximum atomic E-state index is 11.9. The van der Waals surface area contributed by atoms with E-state index >= 15 is 0 Å². The van der Waals surface area contributed by atoms with Crippen molar-refractivity contribution >= 4 is 64.4 Å². The number of rotatable bonds is 17. The third-order valence-corrected chi connectivity index (χ3v) is 13.5. The van der Waals surface area contributed by atoms with Gasteiger partial charge in [0.2, 0.25) is 5.69 Å². The van der Waals surface area contributed by atoms with Crippen LogP contribution in [-0.4, -0.2) is 79.1 Å². The van der Waals surface area contributed by atoms with Crippen LogP contribution in [-0.2, 0) is 31.1 Å². The highest BCUT2D eigenvalue weighted by Crippen LogP contribution is 2.51. The standard InChI is InChI=1S/C49H54N2O8S2/c1-48(2)44(50(28-12-32-60(53,54)55)42-24-20-36-14-5-7-18-40(36)46(42)48)26-22-35(38-16-11-17-39(34-38)59-31-10-9-30-52)23-27-45-49(3,4)47-41-19-8-6-15-37(41)21-25-43(47)51(45)29-13-33-61(56,57)58/h5-8,11,14-27,34,52H,9-10,12-13,28-33H2,1-4H3,(H-,53,54,55,56,57,58). The van der Waals surface area contributed by atoms with Gasteiger partial charge in [-0.1, -0.05) is 86.7 Å². The normalized spacial score (nSPS) is 16.9. The molecule has 5 aromatic carbocycles. The second-order valence-corrected chi connectivity index (χ2v) is 20.0. The van der Waals surface area contributed by atoms with Crippen molar-refractivity contribution in [1.82, 2.24) is 0 Å². The summed E-state index contributed by atoms with van der Waals surface area (Å²) in [5.74, 6) is -0.150. The van der Waals surface area contributed by atoms with Gasteiger partial charge in [-0.3, -0.25) is 4.55 Å². The molecule has 0 amide bonds. The number of aliphatic hydroxyl groups is 1. The van der Waals surface area contributed by atoms with Crippen LogP contribution in [0.3, 0.4) is 0 Å². The number of unbranched alkanes of at least 4 members (excludes halogenated alkanes) is 1. The number of anilines is 1. The van der Waals surface area contributed by atoms with Crippen LogP contribution in [0.5, 0.6) is 5.75 Å². The van der Waals surface area contributed by atoms with Gasteiger partial charge < -0.3 is 19.3 Å². The van der Waals surface area contributed by atoms with Gasteiger partial charge in [0.25, 0.3) is 10.1 Å². The van der Waals surface area contributed by atoms with E-state index in [0.29, 0.717) is 38.3 Å². The monoisotopic (exact) mass is 862 g/mol. The summed E-state index contributed by atoms with van der Waals surface area (Å²) in [6, 6.07) is 32.6. The lowest BCUT2D eigenvalue weighted by atomic mass is 9.79. The number of allylic oxidation sites excluding steroid dienone is 6. The fourth-order valence-electron chi connectivity index (χ4n) is 9.11. The first-order valence-corrected chi connectivity index (χ1v) is 24.0. The predicted octanol–water partition coefficient (Wildman–Crippen LogP) is 9.06. The van der Waals surface area contributed by atoms with Crippen LogP contribution in [0.15, 0.2) is 127 Å². The highest BCUT2D eigenvalue weighted by molar-refractivity contribution is 7.85. The highest BCUT2D eigenvalue weighted by atomic mass is 32.2. The molecule has 2 aliphatic heterocycles. The molecule has 0 unspecified atom stereocenters. The number of hydrogen-bond donors (Lipinski definition) is 2. The van der Waals surface area contributed by atoms with Gasteiger partial charge in [0.15, 0.2) is 5.71 Å². The number of hydrogen-bond acceptors (Lipinski definition) is 8. The molecule has 5 aromatic rings. The van der Waals surface area contributed by atoms with E-state index in [2.05, 4.69) is 110 Å². The molecule has 0 aliphatic carbocycles. The summed E-state index contributed by atoms with van der Waals surface area (Å²) >= 11 is 0. The van der Waals surface area contributed by atoms with E-state index in [-0.39, 0.29) is 25.2 Å². The minimum Gasteiger partial charge on any atom is -0.748 e. The largest absolute Gasteiger partial charge is 0.748 e. The molecule has 0 radical (unpaired) electrons. The lowest BCUT2D eigenvalue weighted by Gasteiger charge is -2.27. The third kappa shape index (κ3) is 9.54. The van der Waals surface area contributed by atoms with Crippen LogP contribution in [0.2, 0.25) is 0 Å². The molecule has 2 heterocycles. The number of benzene rings is 5. The molecule has 2 aliphatic rings. The van der Waals surface area contributed by atoms with Crippen molar-refractivity contribution in [3.8, 4) is 5.75 Å². The molecule has 0 spiro atoms. The molecular weight excluding hydrogens is 809 g/mol. The SMILES string of the molecule is CC1(C)C(=CC=C(C=CC2=[N+](CCCS(=O)(=O)[O-])c3ccc4ccccc4c3C2(C)C)c2cccc(OCCCCO)c2)N(CCCS(=O)(=O)O)c2ccc3ccccc3c21. The smallest absolute Gasteiger partial charge is 0.264 e. The first-order chi connectivity index (χ1) is 29.0. The molecular formula is C49H54N2O8S2. The first-order valence-electron chi connectivity index (χ1n) is 20.8. The molecule has 0 saturated carbocycles. The Hall–Kier alpha value is -5.11. The van der Waals surface area contributed by atoms with E-state index in [1.54, 1.807) is 0 Å². The van der Waals surface area contributed by atoms with E-state index in [0.717, 1.165) is 66.6 Å². The van der Waals surface area contributed by atoms with Gasteiger partial charge in [0.05, 0.1) is 27.9 Å². The Morgan fingerprint density at radius 1 is 0.787 bits per heavy atom. The molecule has 10 nitrogen and oxygen atoms in total. The zero-order valence-corrected chi connectivity index (χ0v) is 36.8. The number of nitrogens with zero attached hydrogens (tertiary/aromatic N) is 2. The molecule has 0 aromatic heterocycles. The minimum absolute atomic E-state index is 0.0944. The summed E-state index contributed by atoms with van der Waals surface area (Å²) < 4.78 is 76.9. The van der Waals surface area contributed by atoms with Crippen molar-refractivity contribution in [2.24, 2.45) is 0 Å². The molecule has 0 saturated heterocycles.